The molecule has 1 rings (SSSR count). The Balaban J connectivity index is 0.00000289. The second kappa shape index (κ2) is 9.44. The lowest BCUT2D eigenvalue weighted by Crippen LogP contribution is -2.18. The Hall–Kier alpha value is -0.490. The standard InChI is InChI=1S/C12H18BrNO3.ClH/c1-15-5-4-14-8-9-6-10(13)12(17-3)11(7-9)16-2;/h6-7,14H,4-5,8H2,1-3H3;1H. The van der Waals surface area contributed by atoms with E-state index in [2.05, 4.69) is 21.2 Å². The molecule has 18 heavy (non-hydrogen) atoms. The van der Waals surface area contributed by atoms with Crippen LogP contribution in [0.5, 0.6) is 11.5 Å². The molecule has 104 valence electrons. The molecule has 0 fully saturated rings. The Morgan fingerprint density at radius 3 is 2.44 bits per heavy atom. The highest BCUT2D eigenvalue weighted by Crippen LogP contribution is 2.36. The Labute approximate surface area is 123 Å². The summed E-state index contributed by atoms with van der Waals surface area (Å²) in [7, 11) is 4.94. The summed E-state index contributed by atoms with van der Waals surface area (Å²) in [6, 6.07) is 3.98. The molecule has 1 N–H and O–H groups in total. The maximum atomic E-state index is 5.28. The van der Waals surface area contributed by atoms with Gasteiger partial charge in [0.15, 0.2) is 11.5 Å². The van der Waals surface area contributed by atoms with Crippen LogP contribution in [-0.4, -0.2) is 34.5 Å². The van der Waals surface area contributed by atoms with Crippen molar-refractivity contribution in [1.82, 2.24) is 5.32 Å². The molecule has 0 aromatic heterocycles. The highest BCUT2D eigenvalue weighted by Gasteiger charge is 2.09. The van der Waals surface area contributed by atoms with Crippen molar-refractivity contribution < 1.29 is 14.2 Å². The summed E-state index contributed by atoms with van der Waals surface area (Å²) in [5.41, 5.74) is 1.13. The molecule has 0 radical (unpaired) electrons. The molecular formula is C12H19BrClNO3. The van der Waals surface area contributed by atoms with Gasteiger partial charge in [0, 0.05) is 20.2 Å². The predicted octanol–water partition coefficient (Wildman–Crippen LogP) is 2.62. The molecule has 0 saturated carbocycles. The van der Waals surface area contributed by atoms with E-state index in [1.54, 1.807) is 21.3 Å². The lowest BCUT2D eigenvalue weighted by Gasteiger charge is -2.12. The first-order chi connectivity index (χ1) is 8.22. The highest BCUT2D eigenvalue weighted by atomic mass is 79.9. The van der Waals surface area contributed by atoms with Gasteiger partial charge in [0.2, 0.25) is 0 Å². The summed E-state index contributed by atoms with van der Waals surface area (Å²) in [4.78, 5) is 0. The number of halogens is 2. The lowest BCUT2D eigenvalue weighted by molar-refractivity contribution is 0.199. The Kier molecular flexibility index (Phi) is 9.18. The van der Waals surface area contributed by atoms with Crippen molar-refractivity contribution in [3.8, 4) is 11.5 Å². The van der Waals surface area contributed by atoms with Crippen molar-refractivity contribution in [2.45, 2.75) is 6.54 Å². The molecule has 1 aromatic rings. The molecule has 0 amide bonds. The highest BCUT2D eigenvalue weighted by molar-refractivity contribution is 9.10. The Morgan fingerprint density at radius 1 is 1.17 bits per heavy atom. The Bertz CT molecular complexity index is 363. The largest absolute Gasteiger partial charge is 0.493 e. The van der Waals surface area contributed by atoms with Crippen LogP contribution in [0.2, 0.25) is 0 Å². The van der Waals surface area contributed by atoms with Crippen LogP contribution in [-0.2, 0) is 11.3 Å². The van der Waals surface area contributed by atoms with Crippen molar-refractivity contribution in [1.29, 1.82) is 0 Å². The fraction of sp³-hybridized carbons (Fsp3) is 0.500. The zero-order valence-corrected chi connectivity index (χ0v) is 13.2. The van der Waals surface area contributed by atoms with Crippen LogP contribution in [0, 0.1) is 0 Å². The summed E-state index contributed by atoms with van der Waals surface area (Å²) >= 11 is 3.46. The fourth-order valence-electron chi connectivity index (χ4n) is 1.48. The fourth-order valence-corrected chi connectivity index (χ4v) is 2.13. The first-order valence-electron chi connectivity index (χ1n) is 5.33. The first kappa shape index (κ1) is 17.5. The van der Waals surface area contributed by atoms with Gasteiger partial charge in [0.05, 0.1) is 25.3 Å². The molecule has 0 unspecified atom stereocenters. The third kappa shape index (κ3) is 5.02. The van der Waals surface area contributed by atoms with E-state index < -0.39 is 0 Å². The summed E-state index contributed by atoms with van der Waals surface area (Å²) in [6.07, 6.45) is 0. The van der Waals surface area contributed by atoms with Crippen LogP contribution in [0.15, 0.2) is 16.6 Å². The molecule has 0 saturated heterocycles. The average Bonchev–Trinajstić information content (AvgIpc) is 2.34. The van der Waals surface area contributed by atoms with Gasteiger partial charge in [-0.15, -0.1) is 12.4 Å². The van der Waals surface area contributed by atoms with Gasteiger partial charge in [-0.05, 0) is 33.6 Å². The van der Waals surface area contributed by atoms with Gasteiger partial charge in [0.1, 0.15) is 0 Å². The number of nitrogens with one attached hydrogen (secondary N) is 1. The van der Waals surface area contributed by atoms with Crippen molar-refractivity contribution in [3.63, 3.8) is 0 Å². The van der Waals surface area contributed by atoms with E-state index in [9.17, 15) is 0 Å². The maximum absolute atomic E-state index is 5.28. The third-order valence-corrected chi connectivity index (χ3v) is 2.89. The molecule has 0 atom stereocenters. The van der Waals surface area contributed by atoms with Gasteiger partial charge < -0.3 is 19.5 Å². The summed E-state index contributed by atoms with van der Waals surface area (Å²) in [5.74, 6) is 1.44. The minimum atomic E-state index is 0. The molecule has 4 nitrogen and oxygen atoms in total. The second-order valence-corrected chi connectivity index (χ2v) is 4.34. The van der Waals surface area contributed by atoms with Gasteiger partial charge in [-0.3, -0.25) is 0 Å². The minimum absolute atomic E-state index is 0. The molecule has 0 bridgehead atoms. The molecule has 0 aliphatic carbocycles. The van der Waals surface area contributed by atoms with Crippen LogP contribution in [0.1, 0.15) is 5.56 Å². The van der Waals surface area contributed by atoms with E-state index in [4.69, 9.17) is 14.2 Å². The molecule has 0 spiro atoms. The number of benzene rings is 1. The summed E-state index contributed by atoms with van der Waals surface area (Å²) in [5, 5.41) is 3.28. The van der Waals surface area contributed by atoms with Crippen molar-refractivity contribution in [2.75, 3.05) is 34.5 Å². The predicted molar refractivity (Wildman–Crippen MR) is 78.1 cm³/mol. The van der Waals surface area contributed by atoms with Crippen LogP contribution >= 0.6 is 28.3 Å². The zero-order valence-electron chi connectivity index (χ0n) is 10.8. The summed E-state index contributed by atoms with van der Waals surface area (Å²) in [6.45, 7) is 2.29. The van der Waals surface area contributed by atoms with E-state index in [0.29, 0.717) is 12.4 Å². The molecule has 1 aromatic carbocycles. The normalized spacial score (nSPS) is 9.78. The van der Waals surface area contributed by atoms with Gasteiger partial charge in [-0.25, -0.2) is 0 Å². The monoisotopic (exact) mass is 339 g/mol. The van der Waals surface area contributed by atoms with Crippen LogP contribution < -0.4 is 14.8 Å². The van der Waals surface area contributed by atoms with E-state index in [-0.39, 0.29) is 12.4 Å². The summed E-state index contributed by atoms with van der Waals surface area (Å²) < 4.78 is 16.4. The average molecular weight is 341 g/mol. The molecule has 0 aliphatic rings. The SMILES string of the molecule is COCCNCc1cc(Br)c(OC)c(OC)c1.Cl. The van der Waals surface area contributed by atoms with Crippen LogP contribution in [0.25, 0.3) is 0 Å². The molecule has 0 heterocycles. The molecule has 0 aliphatic heterocycles. The van der Waals surface area contributed by atoms with Gasteiger partial charge >= 0.3 is 0 Å². The van der Waals surface area contributed by atoms with Crippen molar-refractivity contribution in [3.05, 3.63) is 22.2 Å². The number of methoxy groups -OCH3 is 3. The van der Waals surface area contributed by atoms with Crippen LogP contribution in [0.4, 0.5) is 0 Å². The Morgan fingerprint density at radius 2 is 1.89 bits per heavy atom. The number of hydrogen-bond donors (Lipinski definition) is 1. The van der Waals surface area contributed by atoms with E-state index >= 15 is 0 Å². The van der Waals surface area contributed by atoms with Gasteiger partial charge in [0.25, 0.3) is 0 Å². The van der Waals surface area contributed by atoms with E-state index in [1.165, 1.54) is 0 Å². The minimum Gasteiger partial charge on any atom is -0.493 e. The molecular weight excluding hydrogens is 321 g/mol. The van der Waals surface area contributed by atoms with Crippen molar-refractivity contribution >= 4 is 28.3 Å². The lowest BCUT2D eigenvalue weighted by atomic mass is 10.2. The smallest absolute Gasteiger partial charge is 0.174 e. The quantitative estimate of drug-likeness (QED) is 0.775. The third-order valence-electron chi connectivity index (χ3n) is 2.31. The second-order valence-electron chi connectivity index (χ2n) is 3.48. The first-order valence-corrected chi connectivity index (χ1v) is 6.12. The number of ether oxygens (including phenoxy) is 3. The maximum Gasteiger partial charge on any atom is 0.174 e. The van der Waals surface area contributed by atoms with E-state index in [1.807, 2.05) is 12.1 Å². The van der Waals surface area contributed by atoms with E-state index in [0.717, 1.165) is 28.9 Å². The van der Waals surface area contributed by atoms with Gasteiger partial charge in [-0.2, -0.15) is 0 Å². The zero-order chi connectivity index (χ0) is 12.7. The topological polar surface area (TPSA) is 39.7 Å². The number of hydrogen-bond acceptors (Lipinski definition) is 4. The van der Waals surface area contributed by atoms with Crippen molar-refractivity contribution in [2.24, 2.45) is 0 Å². The number of rotatable bonds is 7. The molecule has 6 heteroatoms. The van der Waals surface area contributed by atoms with Crippen LogP contribution in [0.3, 0.4) is 0 Å². The van der Waals surface area contributed by atoms with Gasteiger partial charge in [-0.1, -0.05) is 0 Å².